The Labute approximate surface area is 102 Å². The van der Waals surface area contributed by atoms with Crippen molar-refractivity contribution in [3.8, 4) is 0 Å². The summed E-state index contributed by atoms with van der Waals surface area (Å²) in [5, 5.41) is 3.56. The number of rotatable bonds is 7. The van der Waals surface area contributed by atoms with Crippen LogP contribution < -0.4 is 5.32 Å². The molecule has 1 unspecified atom stereocenters. The molecule has 1 saturated carbocycles. The van der Waals surface area contributed by atoms with Crippen LogP contribution in [0.1, 0.15) is 52.4 Å². The first kappa shape index (κ1) is 14.0. The first-order valence-electron chi connectivity index (χ1n) is 7.14. The molecule has 0 aromatic heterocycles. The number of likely N-dealkylation sites (N-methyl/N-ethyl adjacent to an activating group) is 1. The van der Waals surface area contributed by atoms with Crippen molar-refractivity contribution in [1.29, 1.82) is 0 Å². The summed E-state index contributed by atoms with van der Waals surface area (Å²) in [7, 11) is 2.27. The Morgan fingerprint density at radius 1 is 1.25 bits per heavy atom. The molecular formula is C14H30N2. The van der Waals surface area contributed by atoms with Crippen LogP contribution in [-0.2, 0) is 0 Å². The summed E-state index contributed by atoms with van der Waals surface area (Å²) in [6.45, 7) is 8.14. The molecule has 1 fully saturated rings. The molecule has 1 aliphatic carbocycles. The van der Waals surface area contributed by atoms with Gasteiger partial charge in [0.25, 0.3) is 0 Å². The number of hydrogen-bond donors (Lipinski definition) is 1. The van der Waals surface area contributed by atoms with Crippen LogP contribution in [0.15, 0.2) is 0 Å². The molecular weight excluding hydrogens is 196 g/mol. The fourth-order valence-corrected chi connectivity index (χ4v) is 2.55. The van der Waals surface area contributed by atoms with E-state index >= 15 is 0 Å². The van der Waals surface area contributed by atoms with Crippen molar-refractivity contribution in [2.45, 2.75) is 58.4 Å². The summed E-state index contributed by atoms with van der Waals surface area (Å²) >= 11 is 0. The average molecular weight is 226 g/mol. The van der Waals surface area contributed by atoms with Crippen LogP contribution in [0.4, 0.5) is 0 Å². The van der Waals surface area contributed by atoms with Crippen LogP contribution in [0.25, 0.3) is 0 Å². The Morgan fingerprint density at radius 3 is 2.56 bits per heavy atom. The summed E-state index contributed by atoms with van der Waals surface area (Å²) in [5.41, 5.74) is 0. The van der Waals surface area contributed by atoms with Crippen molar-refractivity contribution in [1.82, 2.24) is 10.2 Å². The van der Waals surface area contributed by atoms with Crippen molar-refractivity contribution < 1.29 is 0 Å². The van der Waals surface area contributed by atoms with Crippen molar-refractivity contribution in [2.24, 2.45) is 5.92 Å². The van der Waals surface area contributed by atoms with Gasteiger partial charge in [0.15, 0.2) is 0 Å². The highest BCUT2D eigenvalue weighted by Gasteiger charge is 2.14. The minimum Gasteiger partial charge on any atom is -0.313 e. The average Bonchev–Trinajstić information content (AvgIpc) is 2.30. The Kier molecular flexibility index (Phi) is 7.06. The van der Waals surface area contributed by atoms with Gasteiger partial charge in [0.1, 0.15) is 0 Å². The Morgan fingerprint density at radius 2 is 1.94 bits per heavy atom. The van der Waals surface area contributed by atoms with E-state index in [0.717, 1.165) is 12.5 Å². The first-order chi connectivity index (χ1) is 7.72. The molecule has 0 heterocycles. The molecule has 1 atom stereocenters. The SMILES string of the molecule is CCC(C)NCCN(C)CC1CCCCC1. The van der Waals surface area contributed by atoms with Crippen LogP contribution in [0.3, 0.4) is 0 Å². The minimum absolute atomic E-state index is 0.670. The third kappa shape index (κ3) is 5.86. The lowest BCUT2D eigenvalue weighted by molar-refractivity contribution is 0.232. The molecule has 0 radical (unpaired) electrons. The quantitative estimate of drug-likeness (QED) is 0.718. The van der Waals surface area contributed by atoms with Crippen LogP contribution in [0, 0.1) is 5.92 Å². The second-order valence-corrected chi connectivity index (χ2v) is 5.53. The van der Waals surface area contributed by atoms with E-state index in [0.29, 0.717) is 6.04 Å². The van der Waals surface area contributed by atoms with Gasteiger partial charge >= 0.3 is 0 Å². The van der Waals surface area contributed by atoms with Gasteiger partial charge in [-0.25, -0.2) is 0 Å². The summed E-state index contributed by atoms with van der Waals surface area (Å²) in [6.07, 6.45) is 8.54. The normalized spacial score (nSPS) is 20.2. The second-order valence-electron chi connectivity index (χ2n) is 5.53. The van der Waals surface area contributed by atoms with E-state index in [1.54, 1.807) is 0 Å². The minimum atomic E-state index is 0.670. The highest BCUT2D eigenvalue weighted by atomic mass is 15.1. The predicted octanol–water partition coefficient (Wildman–Crippen LogP) is 2.89. The molecule has 0 amide bonds. The molecule has 2 nitrogen and oxygen atoms in total. The van der Waals surface area contributed by atoms with Gasteiger partial charge in [0.05, 0.1) is 0 Å². The van der Waals surface area contributed by atoms with Gasteiger partial charge in [-0.3, -0.25) is 0 Å². The van der Waals surface area contributed by atoms with E-state index in [1.807, 2.05) is 0 Å². The summed E-state index contributed by atoms with van der Waals surface area (Å²) in [6, 6.07) is 0.670. The van der Waals surface area contributed by atoms with E-state index in [4.69, 9.17) is 0 Å². The molecule has 0 saturated heterocycles. The lowest BCUT2D eigenvalue weighted by atomic mass is 9.89. The van der Waals surface area contributed by atoms with Crippen molar-refractivity contribution in [3.05, 3.63) is 0 Å². The van der Waals surface area contributed by atoms with Gasteiger partial charge in [0, 0.05) is 25.7 Å². The summed E-state index contributed by atoms with van der Waals surface area (Å²) in [4.78, 5) is 2.51. The molecule has 0 aromatic carbocycles. The molecule has 1 N–H and O–H groups in total. The van der Waals surface area contributed by atoms with E-state index in [1.165, 1.54) is 51.6 Å². The van der Waals surface area contributed by atoms with E-state index in [-0.39, 0.29) is 0 Å². The highest BCUT2D eigenvalue weighted by Crippen LogP contribution is 2.23. The number of hydrogen-bond acceptors (Lipinski definition) is 2. The maximum Gasteiger partial charge on any atom is 0.0104 e. The van der Waals surface area contributed by atoms with Crippen LogP contribution in [0.5, 0.6) is 0 Å². The fourth-order valence-electron chi connectivity index (χ4n) is 2.55. The summed E-state index contributed by atoms with van der Waals surface area (Å²) in [5.74, 6) is 0.974. The second kappa shape index (κ2) is 8.08. The Hall–Kier alpha value is -0.0800. The van der Waals surface area contributed by atoms with Crippen LogP contribution >= 0.6 is 0 Å². The van der Waals surface area contributed by atoms with Gasteiger partial charge in [-0.1, -0.05) is 26.2 Å². The zero-order valence-corrected chi connectivity index (χ0v) is 11.5. The smallest absolute Gasteiger partial charge is 0.0104 e. The number of nitrogens with one attached hydrogen (secondary N) is 1. The topological polar surface area (TPSA) is 15.3 Å². The van der Waals surface area contributed by atoms with Crippen molar-refractivity contribution in [3.63, 3.8) is 0 Å². The third-order valence-electron chi connectivity index (χ3n) is 3.89. The molecule has 1 rings (SSSR count). The van der Waals surface area contributed by atoms with Gasteiger partial charge in [-0.05, 0) is 39.2 Å². The fraction of sp³-hybridized carbons (Fsp3) is 1.00. The van der Waals surface area contributed by atoms with E-state index in [2.05, 4.69) is 31.1 Å². The first-order valence-corrected chi connectivity index (χ1v) is 7.14. The third-order valence-corrected chi connectivity index (χ3v) is 3.89. The molecule has 0 aliphatic heterocycles. The molecule has 0 aromatic rings. The van der Waals surface area contributed by atoms with Crippen LogP contribution in [0.2, 0.25) is 0 Å². The molecule has 16 heavy (non-hydrogen) atoms. The lowest BCUT2D eigenvalue weighted by Gasteiger charge is -2.27. The number of nitrogens with zero attached hydrogens (tertiary/aromatic N) is 1. The molecule has 0 bridgehead atoms. The highest BCUT2D eigenvalue weighted by molar-refractivity contribution is 4.69. The standard InChI is InChI=1S/C14H30N2/c1-4-13(2)15-10-11-16(3)12-14-8-6-5-7-9-14/h13-15H,4-12H2,1-3H3. The maximum atomic E-state index is 3.56. The van der Waals surface area contributed by atoms with Crippen molar-refractivity contribution in [2.75, 3.05) is 26.7 Å². The molecule has 2 heteroatoms. The van der Waals surface area contributed by atoms with E-state index < -0.39 is 0 Å². The van der Waals surface area contributed by atoms with Crippen LogP contribution in [-0.4, -0.2) is 37.6 Å². The zero-order chi connectivity index (χ0) is 11.8. The van der Waals surface area contributed by atoms with E-state index in [9.17, 15) is 0 Å². The van der Waals surface area contributed by atoms with Gasteiger partial charge in [0.2, 0.25) is 0 Å². The largest absolute Gasteiger partial charge is 0.313 e. The maximum absolute atomic E-state index is 3.56. The zero-order valence-electron chi connectivity index (χ0n) is 11.5. The van der Waals surface area contributed by atoms with Gasteiger partial charge in [-0.15, -0.1) is 0 Å². The van der Waals surface area contributed by atoms with Gasteiger partial charge < -0.3 is 10.2 Å². The molecule has 0 spiro atoms. The predicted molar refractivity (Wildman–Crippen MR) is 71.8 cm³/mol. The monoisotopic (exact) mass is 226 g/mol. The summed E-state index contributed by atoms with van der Waals surface area (Å²) < 4.78 is 0. The lowest BCUT2D eigenvalue weighted by Crippen LogP contribution is -2.36. The Bertz CT molecular complexity index is 164. The van der Waals surface area contributed by atoms with Gasteiger partial charge in [-0.2, -0.15) is 0 Å². The molecule has 1 aliphatic rings. The molecule has 96 valence electrons. The van der Waals surface area contributed by atoms with Crippen molar-refractivity contribution >= 4 is 0 Å². The Balaban J connectivity index is 2.03.